The molecule has 2 heterocycles. The van der Waals surface area contributed by atoms with E-state index in [0.717, 1.165) is 55.8 Å². The number of nitrogens with zero attached hydrogens (tertiary/aromatic N) is 3. The zero-order chi connectivity index (χ0) is 19.2. The van der Waals surface area contributed by atoms with Gasteiger partial charge in [-0.25, -0.2) is 9.07 Å². The molecule has 1 fully saturated rings. The Morgan fingerprint density at radius 1 is 1.26 bits per heavy atom. The maximum atomic E-state index is 13.1. The van der Waals surface area contributed by atoms with E-state index in [4.69, 9.17) is 16.7 Å². The van der Waals surface area contributed by atoms with Crippen LogP contribution in [0.1, 0.15) is 29.7 Å². The molecule has 148 valence electrons. The number of likely N-dealkylation sites (tertiary alicyclic amines) is 1. The first kappa shape index (κ1) is 20.3. The van der Waals surface area contributed by atoms with Crippen LogP contribution < -0.4 is 5.32 Å². The van der Waals surface area contributed by atoms with E-state index in [1.54, 1.807) is 16.8 Å². The third kappa shape index (κ3) is 5.51. The highest BCUT2D eigenvalue weighted by molar-refractivity contribution is 6.30. The van der Waals surface area contributed by atoms with Crippen molar-refractivity contribution in [1.82, 2.24) is 20.0 Å². The first-order chi connectivity index (χ1) is 13.1. The summed E-state index contributed by atoms with van der Waals surface area (Å²) in [5.74, 6) is 0.418. The topological polar surface area (TPSA) is 53.3 Å². The van der Waals surface area contributed by atoms with E-state index in [2.05, 4.69) is 15.3 Å². The summed E-state index contributed by atoms with van der Waals surface area (Å²) in [4.78, 5) is 2.32. The molecule has 0 unspecified atom stereocenters. The number of piperidine rings is 1. The van der Waals surface area contributed by atoms with Gasteiger partial charge in [-0.05, 0) is 63.0 Å². The average molecular weight is 395 g/mol. The van der Waals surface area contributed by atoms with Crippen LogP contribution >= 0.6 is 11.6 Å². The van der Waals surface area contributed by atoms with Crippen molar-refractivity contribution in [2.45, 2.75) is 32.9 Å². The molecule has 1 aromatic carbocycles. The van der Waals surface area contributed by atoms with Crippen LogP contribution in [0.25, 0.3) is 0 Å². The Morgan fingerprint density at radius 3 is 2.63 bits per heavy atom. The molecule has 0 aliphatic carbocycles. The summed E-state index contributed by atoms with van der Waals surface area (Å²) in [7, 11) is 0. The fraction of sp³-hybridized carbons (Fsp3) is 0.550. The summed E-state index contributed by atoms with van der Waals surface area (Å²) in [6.07, 6.45) is 2.31. The zero-order valence-corrected chi connectivity index (χ0v) is 16.6. The molecule has 0 atom stereocenters. The lowest BCUT2D eigenvalue weighted by atomic mass is 9.97. The summed E-state index contributed by atoms with van der Waals surface area (Å²) in [6.45, 7) is 7.30. The summed E-state index contributed by atoms with van der Waals surface area (Å²) >= 11 is 6.54. The Morgan fingerprint density at radius 2 is 1.96 bits per heavy atom. The summed E-state index contributed by atoms with van der Waals surface area (Å²) in [5.41, 5.74) is 2.92. The van der Waals surface area contributed by atoms with Crippen LogP contribution in [0.15, 0.2) is 24.3 Å². The number of benzene rings is 1. The maximum Gasteiger partial charge on any atom is 0.132 e. The van der Waals surface area contributed by atoms with Crippen molar-refractivity contribution in [3.05, 3.63) is 52.1 Å². The largest absolute Gasteiger partial charge is 0.395 e. The van der Waals surface area contributed by atoms with Crippen LogP contribution in [0.2, 0.25) is 5.15 Å². The third-order valence-electron chi connectivity index (χ3n) is 5.29. The highest BCUT2D eigenvalue weighted by Gasteiger charge is 2.19. The molecule has 27 heavy (non-hydrogen) atoms. The molecule has 1 saturated heterocycles. The van der Waals surface area contributed by atoms with E-state index < -0.39 is 0 Å². The van der Waals surface area contributed by atoms with Gasteiger partial charge >= 0.3 is 0 Å². The lowest BCUT2D eigenvalue weighted by Gasteiger charge is -2.31. The Bertz CT molecular complexity index is 726. The molecule has 7 heteroatoms. The van der Waals surface area contributed by atoms with Crippen molar-refractivity contribution in [3.63, 3.8) is 0 Å². The molecule has 1 aliphatic heterocycles. The molecule has 1 aliphatic rings. The van der Waals surface area contributed by atoms with Crippen molar-refractivity contribution < 1.29 is 9.50 Å². The van der Waals surface area contributed by atoms with Gasteiger partial charge in [-0.2, -0.15) is 5.10 Å². The molecule has 0 bridgehead atoms. The van der Waals surface area contributed by atoms with Crippen molar-refractivity contribution >= 4 is 11.6 Å². The van der Waals surface area contributed by atoms with Gasteiger partial charge in [-0.15, -0.1) is 0 Å². The minimum Gasteiger partial charge on any atom is -0.395 e. The monoisotopic (exact) mass is 394 g/mol. The molecular formula is C20H28ClFN4O. The van der Waals surface area contributed by atoms with Crippen molar-refractivity contribution in [3.8, 4) is 0 Å². The van der Waals surface area contributed by atoms with Gasteiger partial charge in [0.05, 0.1) is 18.8 Å². The predicted octanol–water partition coefficient (Wildman–Crippen LogP) is 2.83. The predicted molar refractivity (Wildman–Crippen MR) is 105 cm³/mol. The lowest BCUT2D eigenvalue weighted by molar-refractivity contribution is 0.146. The van der Waals surface area contributed by atoms with Crippen LogP contribution in [0, 0.1) is 18.7 Å². The van der Waals surface area contributed by atoms with Crippen molar-refractivity contribution in [2.24, 2.45) is 5.92 Å². The van der Waals surface area contributed by atoms with Gasteiger partial charge in [0, 0.05) is 18.7 Å². The highest BCUT2D eigenvalue weighted by Crippen LogP contribution is 2.22. The average Bonchev–Trinajstić information content (AvgIpc) is 2.92. The summed E-state index contributed by atoms with van der Waals surface area (Å²) < 4.78 is 14.8. The first-order valence-electron chi connectivity index (χ1n) is 9.57. The number of rotatable bonds is 8. The zero-order valence-electron chi connectivity index (χ0n) is 15.8. The molecular weight excluding hydrogens is 367 g/mol. The van der Waals surface area contributed by atoms with E-state index in [0.29, 0.717) is 24.2 Å². The number of hydrogen-bond donors (Lipinski definition) is 2. The van der Waals surface area contributed by atoms with Gasteiger partial charge in [-0.1, -0.05) is 23.7 Å². The molecule has 5 nitrogen and oxygen atoms in total. The number of β-amino-alcohol motifs (C(OH)–C–C–N with tert-alkyl or cyclic N) is 1. The van der Waals surface area contributed by atoms with E-state index in [9.17, 15) is 4.39 Å². The number of hydrogen-bond acceptors (Lipinski definition) is 4. The van der Waals surface area contributed by atoms with Crippen LogP contribution in [-0.2, 0) is 13.1 Å². The fourth-order valence-corrected chi connectivity index (χ4v) is 3.92. The van der Waals surface area contributed by atoms with Crippen LogP contribution in [-0.4, -0.2) is 52.6 Å². The third-order valence-corrected chi connectivity index (χ3v) is 5.71. The number of aliphatic hydroxyl groups excluding tert-OH is 1. The summed E-state index contributed by atoms with van der Waals surface area (Å²) in [6, 6.07) is 6.41. The molecule has 2 aromatic rings. The van der Waals surface area contributed by atoms with E-state index in [1.807, 2.05) is 6.92 Å². The number of aliphatic hydroxyl groups is 1. The Hall–Kier alpha value is -1.47. The van der Waals surface area contributed by atoms with Gasteiger partial charge in [0.25, 0.3) is 0 Å². The molecule has 1 aromatic heterocycles. The second-order valence-electron chi connectivity index (χ2n) is 7.28. The van der Waals surface area contributed by atoms with E-state index in [-0.39, 0.29) is 12.4 Å². The first-order valence-corrected chi connectivity index (χ1v) is 9.94. The quantitative estimate of drug-likeness (QED) is 0.723. The Balaban J connectivity index is 1.50. The van der Waals surface area contributed by atoms with E-state index in [1.165, 1.54) is 12.1 Å². The minimum absolute atomic E-state index is 0.239. The maximum absolute atomic E-state index is 13.1. The van der Waals surface area contributed by atoms with Crippen molar-refractivity contribution in [2.75, 3.05) is 32.8 Å². The molecule has 0 saturated carbocycles. The van der Waals surface area contributed by atoms with Gasteiger partial charge in [-0.3, -0.25) is 0 Å². The Kier molecular flexibility index (Phi) is 7.24. The minimum atomic E-state index is -0.242. The van der Waals surface area contributed by atoms with Crippen LogP contribution in [0.5, 0.6) is 0 Å². The van der Waals surface area contributed by atoms with Crippen LogP contribution in [0.3, 0.4) is 0 Å². The van der Waals surface area contributed by atoms with Gasteiger partial charge in [0.1, 0.15) is 11.0 Å². The molecule has 0 radical (unpaired) electrons. The van der Waals surface area contributed by atoms with Gasteiger partial charge < -0.3 is 15.3 Å². The SMILES string of the molecule is Cc1nn(Cc2ccc(F)cc2)c(Cl)c1CNCC1CCN(CCO)CC1. The Labute approximate surface area is 165 Å². The van der Waals surface area contributed by atoms with Crippen molar-refractivity contribution in [1.29, 1.82) is 0 Å². The second-order valence-corrected chi connectivity index (χ2v) is 7.64. The van der Waals surface area contributed by atoms with Gasteiger partial charge in [0.2, 0.25) is 0 Å². The smallest absolute Gasteiger partial charge is 0.132 e. The molecule has 2 N–H and O–H groups in total. The normalized spacial score (nSPS) is 16.1. The molecule has 0 amide bonds. The van der Waals surface area contributed by atoms with Gasteiger partial charge in [0.15, 0.2) is 0 Å². The number of aryl methyl sites for hydroxylation is 1. The number of aromatic nitrogens is 2. The highest BCUT2D eigenvalue weighted by atomic mass is 35.5. The van der Waals surface area contributed by atoms with Crippen LogP contribution in [0.4, 0.5) is 4.39 Å². The fourth-order valence-electron chi connectivity index (χ4n) is 3.62. The number of nitrogens with one attached hydrogen (secondary N) is 1. The number of halogens is 2. The second kappa shape index (κ2) is 9.64. The molecule has 0 spiro atoms. The standard InChI is InChI=1S/C20H28ClFN4O/c1-15-19(13-23-12-16-6-8-25(9-7-16)10-11-27)20(21)26(24-15)14-17-2-4-18(22)5-3-17/h2-5,16,23,27H,6-14H2,1H3. The van der Waals surface area contributed by atoms with E-state index >= 15 is 0 Å². The molecule has 3 rings (SSSR count). The summed E-state index contributed by atoms with van der Waals surface area (Å²) in [5, 5.41) is 17.7. The lowest BCUT2D eigenvalue weighted by Crippen LogP contribution is -2.38.